The number of rotatable bonds is 7. The molecular formula is C26H22N2O7S. The molecule has 1 aliphatic rings. The summed E-state index contributed by atoms with van der Waals surface area (Å²) in [6.07, 6.45) is 1.35. The molecule has 4 aromatic rings. The number of thiazole rings is 1. The average Bonchev–Trinajstić information content (AvgIpc) is 3.61. The van der Waals surface area contributed by atoms with Crippen LogP contribution in [0.25, 0.3) is 10.2 Å². The van der Waals surface area contributed by atoms with Crippen LogP contribution in [0.15, 0.2) is 64.5 Å². The molecule has 0 aliphatic carbocycles. The molecule has 1 N–H and O–H groups in total. The number of aliphatic hydroxyl groups is 1. The van der Waals surface area contributed by atoms with E-state index in [1.165, 1.54) is 49.9 Å². The number of aliphatic hydroxyl groups excluding tert-OH is 1. The summed E-state index contributed by atoms with van der Waals surface area (Å²) in [4.78, 5) is 32.9. The van der Waals surface area contributed by atoms with E-state index >= 15 is 0 Å². The van der Waals surface area contributed by atoms with E-state index in [9.17, 15) is 14.7 Å². The number of hydrogen-bond donors (Lipinski definition) is 1. The van der Waals surface area contributed by atoms with Crippen molar-refractivity contribution in [1.29, 1.82) is 0 Å². The van der Waals surface area contributed by atoms with Gasteiger partial charge in [0.1, 0.15) is 0 Å². The van der Waals surface area contributed by atoms with Gasteiger partial charge in [-0.1, -0.05) is 17.4 Å². The Balaban J connectivity index is 1.74. The van der Waals surface area contributed by atoms with Crippen molar-refractivity contribution < 1.29 is 33.3 Å². The van der Waals surface area contributed by atoms with Gasteiger partial charge in [-0.2, -0.15) is 0 Å². The summed E-state index contributed by atoms with van der Waals surface area (Å²) < 4.78 is 22.6. The van der Waals surface area contributed by atoms with Gasteiger partial charge in [-0.25, -0.2) is 4.98 Å². The first-order chi connectivity index (χ1) is 17.4. The number of ketones is 1. The van der Waals surface area contributed by atoms with E-state index in [0.717, 1.165) is 10.3 Å². The Morgan fingerprint density at radius 3 is 2.42 bits per heavy atom. The normalized spacial score (nSPS) is 15.6. The third-order valence-corrected chi connectivity index (χ3v) is 6.96. The highest BCUT2D eigenvalue weighted by Crippen LogP contribution is 2.48. The van der Waals surface area contributed by atoms with Gasteiger partial charge in [-0.3, -0.25) is 14.5 Å². The lowest BCUT2D eigenvalue weighted by atomic mass is 9.94. The molecule has 1 atom stereocenters. The number of anilines is 1. The van der Waals surface area contributed by atoms with Gasteiger partial charge in [0, 0.05) is 0 Å². The van der Waals surface area contributed by atoms with Crippen molar-refractivity contribution in [3.8, 4) is 17.2 Å². The zero-order valence-corrected chi connectivity index (χ0v) is 20.7. The largest absolute Gasteiger partial charge is 0.503 e. The molecule has 2 aromatic heterocycles. The van der Waals surface area contributed by atoms with E-state index < -0.39 is 23.5 Å². The summed E-state index contributed by atoms with van der Waals surface area (Å²) in [5.41, 5.74) is 2.05. The van der Waals surface area contributed by atoms with Gasteiger partial charge < -0.3 is 23.7 Å². The van der Waals surface area contributed by atoms with Crippen LogP contribution < -0.4 is 19.1 Å². The third-order valence-electron chi connectivity index (χ3n) is 5.94. The fourth-order valence-electron chi connectivity index (χ4n) is 4.27. The molecule has 0 bridgehead atoms. The maximum Gasteiger partial charge on any atom is 0.296 e. The summed E-state index contributed by atoms with van der Waals surface area (Å²) in [5.74, 6) is -1.05. The van der Waals surface area contributed by atoms with Gasteiger partial charge in [-0.15, -0.1) is 0 Å². The Kier molecular flexibility index (Phi) is 5.89. The highest BCUT2D eigenvalue weighted by molar-refractivity contribution is 7.22. The molecule has 3 heterocycles. The standard InChI is InChI=1S/C26H22N2O7S/c1-13-7-8-15-19(10-13)36-26(27-15)28-21(14-11-17(32-2)24(34-4)18(12-14)33-3)20(23(30)25(28)31)22(29)16-6-5-9-35-16/h5-12,21,30H,1-4H3. The van der Waals surface area contributed by atoms with E-state index in [1.54, 1.807) is 18.2 Å². The maximum absolute atomic E-state index is 13.5. The van der Waals surface area contributed by atoms with Crippen LogP contribution in [-0.2, 0) is 4.79 Å². The predicted octanol–water partition coefficient (Wildman–Crippen LogP) is 5.01. The number of amides is 1. The number of carbonyl (C=O) groups excluding carboxylic acids is 2. The summed E-state index contributed by atoms with van der Waals surface area (Å²) in [6.45, 7) is 1.96. The Bertz CT molecular complexity index is 1500. The molecule has 1 aliphatic heterocycles. The van der Waals surface area contributed by atoms with E-state index in [0.29, 0.717) is 33.5 Å². The first-order valence-corrected chi connectivity index (χ1v) is 11.7. The highest BCUT2D eigenvalue weighted by atomic mass is 32.1. The SMILES string of the molecule is COc1cc(C2C(C(=O)c3ccco3)=C(O)C(=O)N2c2nc3ccc(C)cc3s2)cc(OC)c1OC. The maximum atomic E-state index is 13.5. The number of methoxy groups -OCH3 is 3. The third kappa shape index (κ3) is 3.66. The van der Waals surface area contributed by atoms with Gasteiger partial charge in [0.25, 0.3) is 5.91 Å². The van der Waals surface area contributed by atoms with Crippen molar-refractivity contribution in [3.63, 3.8) is 0 Å². The number of hydrogen-bond acceptors (Lipinski definition) is 9. The lowest BCUT2D eigenvalue weighted by molar-refractivity contribution is -0.117. The smallest absolute Gasteiger partial charge is 0.296 e. The molecular weight excluding hydrogens is 484 g/mol. The highest BCUT2D eigenvalue weighted by Gasteiger charge is 2.47. The molecule has 36 heavy (non-hydrogen) atoms. The van der Waals surface area contributed by atoms with Crippen LogP contribution in [0.2, 0.25) is 0 Å². The minimum atomic E-state index is -1.04. The molecule has 9 nitrogen and oxygen atoms in total. The van der Waals surface area contributed by atoms with Crippen molar-refractivity contribution in [2.24, 2.45) is 0 Å². The summed E-state index contributed by atoms with van der Waals surface area (Å²) in [7, 11) is 4.42. The van der Waals surface area contributed by atoms with Crippen LogP contribution in [0.1, 0.15) is 27.7 Å². The minimum Gasteiger partial charge on any atom is -0.503 e. The van der Waals surface area contributed by atoms with Crippen molar-refractivity contribution in [2.45, 2.75) is 13.0 Å². The van der Waals surface area contributed by atoms with Gasteiger partial charge in [0.15, 0.2) is 28.1 Å². The molecule has 10 heteroatoms. The summed E-state index contributed by atoms with van der Waals surface area (Å²) in [6, 6.07) is 11.0. The Hall–Kier alpha value is -4.31. The molecule has 1 unspecified atom stereocenters. The summed E-state index contributed by atoms with van der Waals surface area (Å²) >= 11 is 1.29. The zero-order chi connectivity index (χ0) is 25.6. The van der Waals surface area contributed by atoms with Crippen molar-refractivity contribution in [2.75, 3.05) is 26.2 Å². The topological polar surface area (TPSA) is 111 Å². The number of Topliss-reactive ketones (excluding diaryl/α,β-unsaturated/α-hetero) is 1. The fourth-order valence-corrected chi connectivity index (χ4v) is 5.36. The van der Waals surface area contributed by atoms with Gasteiger partial charge in [-0.05, 0) is 54.4 Å². The second kappa shape index (κ2) is 9.04. The van der Waals surface area contributed by atoms with Crippen LogP contribution in [0, 0.1) is 6.92 Å². The van der Waals surface area contributed by atoms with Gasteiger partial charge >= 0.3 is 0 Å². The monoisotopic (exact) mass is 506 g/mol. The van der Waals surface area contributed by atoms with Crippen molar-refractivity contribution in [3.05, 3.63) is 76.9 Å². The predicted molar refractivity (Wildman–Crippen MR) is 133 cm³/mol. The van der Waals surface area contributed by atoms with E-state index in [1.807, 2.05) is 25.1 Å². The number of carbonyl (C=O) groups is 2. The van der Waals surface area contributed by atoms with Gasteiger partial charge in [0.2, 0.25) is 11.5 Å². The second-order valence-electron chi connectivity index (χ2n) is 8.07. The minimum absolute atomic E-state index is 0.0106. The fraction of sp³-hybridized carbons (Fsp3) is 0.192. The Labute approximate surface area is 210 Å². The van der Waals surface area contributed by atoms with Crippen LogP contribution in [0.4, 0.5) is 5.13 Å². The number of ether oxygens (including phenoxy) is 3. The van der Waals surface area contributed by atoms with Crippen molar-refractivity contribution >= 4 is 38.4 Å². The molecule has 0 fully saturated rings. The lowest BCUT2D eigenvalue weighted by Crippen LogP contribution is -2.31. The number of benzene rings is 2. The van der Waals surface area contributed by atoms with E-state index in [4.69, 9.17) is 18.6 Å². The molecule has 1 amide bonds. The van der Waals surface area contributed by atoms with Crippen LogP contribution >= 0.6 is 11.3 Å². The zero-order valence-electron chi connectivity index (χ0n) is 19.9. The quantitative estimate of drug-likeness (QED) is 0.348. The number of fused-ring (bicyclic) bond motifs is 1. The van der Waals surface area contributed by atoms with Crippen LogP contribution in [-0.4, -0.2) is 43.1 Å². The number of aryl methyl sites for hydroxylation is 1. The molecule has 5 rings (SSSR count). The molecule has 184 valence electrons. The molecule has 0 radical (unpaired) electrons. The second-order valence-corrected chi connectivity index (χ2v) is 9.08. The van der Waals surface area contributed by atoms with Crippen molar-refractivity contribution in [1.82, 2.24) is 4.98 Å². The molecule has 2 aromatic carbocycles. The summed E-state index contributed by atoms with van der Waals surface area (Å²) in [5, 5.41) is 11.3. The Morgan fingerprint density at radius 1 is 1.08 bits per heavy atom. The van der Waals surface area contributed by atoms with E-state index in [-0.39, 0.29) is 11.3 Å². The Morgan fingerprint density at radius 2 is 1.81 bits per heavy atom. The molecule has 0 saturated carbocycles. The number of nitrogens with zero attached hydrogens (tertiary/aromatic N) is 2. The van der Waals surface area contributed by atoms with E-state index in [2.05, 4.69) is 4.98 Å². The number of furan rings is 1. The number of aromatic nitrogens is 1. The first-order valence-electron chi connectivity index (χ1n) is 10.9. The first kappa shape index (κ1) is 23.4. The molecule has 0 spiro atoms. The van der Waals surface area contributed by atoms with Crippen LogP contribution in [0.3, 0.4) is 0 Å². The van der Waals surface area contributed by atoms with Gasteiger partial charge in [0.05, 0.1) is 49.4 Å². The molecule has 0 saturated heterocycles. The lowest BCUT2D eigenvalue weighted by Gasteiger charge is -2.25. The average molecular weight is 507 g/mol. The van der Waals surface area contributed by atoms with Crippen LogP contribution in [0.5, 0.6) is 17.2 Å².